The van der Waals surface area contributed by atoms with E-state index >= 15 is 0 Å². The summed E-state index contributed by atoms with van der Waals surface area (Å²) in [6, 6.07) is 25.4. The van der Waals surface area contributed by atoms with Crippen molar-refractivity contribution in [2.24, 2.45) is 0 Å². The van der Waals surface area contributed by atoms with Gasteiger partial charge in [0.15, 0.2) is 0 Å². The monoisotopic (exact) mass is 489 g/mol. The molecule has 3 rings (SSSR count). The molecule has 0 aromatic heterocycles. The van der Waals surface area contributed by atoms with Crippen LogP contribution in [0.4, 0.5) is 0 Å². The van der Waals surface area contributed by atoms with Crippen molar-refractivity contribution < 1.29 is 65.4 Å². The second kappa shape index (κ2) is 11.5. The van der Waals surface area contributed by atoms with Gasteiger partial charge in [-0.3, -0.25) is 0 Å². The maximum atomic E-state index is 3.79. The standard InChI is InChI=1S/C24H23.2Y/c1-4-5-6-20-9-13-22(14-10-20)24-16-15-23(17-19(24)3)21-11-7-18(2)8-12-21;;/h4,7-16H,1,5-6H2,2-3H3;;/q-1;;. The van der Waals surface area contributed by atoms with E-state index in [-0.39, 0.29) is 65.4 Å². The van der Waals surface area contributed by atoms with Crippen LogP contribution in [0.25, 0.3) is 22.3 Å². The summed E-state index contributed by atoms with van der Waals surface area (Å²) in [6.07, 6.45) is 4.05. The van der Waals surface area contributed by atoms with Gasteiger partial charge in [-0.25, -0.2) is 0 Å². The molecule has 126 valence electrons. The zero-order chi connectivity index (χ0) is 16.9. The zero-order valence-electron chi connectivity index (χ0n) is 15.6. The minimum Gasteiger partial charge on any atom is -0.143 e. The number of benzene rings is 3. The number of aryl methyl sites for hydroxylation is 3. The molecular weight excluding hydrogens is 466 g/mol. The first-order valence-electron chi connectivity index (χ1n) is 8.47. The van der Waals surface area contributed by atoms with Gasteiger partial charge in [0.25, 0.3) is 0 Å². The minimum absolute atomic E-state index is 0. The van der Waals surface area contributed by atoms with Crippen molar-refractivity contribution in [1.29, 1.82) is 0 Å². The molecule has 0 saturated heterocycles. The summed E-state index contributed by atoms with van der Waals surface area (Å²) in [7, 11) is 0. The Kier molecular flexibility index (Phi) is 10.4. The first-order valence-corrected chi connectivity index (χ1v) is 8.47. The van der Waals surface area contributed by atoms with Crippen molar-refractivity contribution in [1.82, 2.24) is 0 Å². The molecule has 26 heavy (non-hydrogen) atoms. The molecule has 0 aliphatic rings. The predicted octanol–water partition coefficient (Wildman–Crippen LogP) is 6.55. The molecule has 0 N–H and O–H groups in total. The van der Waals surface area contributed by atoms with Crippen LogP contribution in [0.1, 0.15) is 23.1 Å². The molecule has 0 saturated carbocycles. The molecule has 2 heteroatoms. The molecule has 2 radical (unpaired) electrons. The SMILES string of the molecule is C=CCCc1ccc(-c2ccc(-c3ccc(C)cc3)[c-]c2C)cc1.[Y].[Y]. The normalized spacial score (nSPS) is 9.77. The van der Waals surface area contributed by atoms with Crippen LogP contribution in [0.2, 0.25) is 0 Å². The van der Waals surface area contributed by atoms with E-state index in [1.165, 1.54) is 33.4 Å². The summed E-state index contributed by atoms with van der Waals surface area (Å²) in [6.45, 7) is 8.04. The van der Waals surface area contributed by atoms with Gasteiger partial charge in [0.05, 0.1) is 0 Å². The topological polar surface area (TPSA) is 0 Å². The predicted molar refractivity (Wildman–Crippen MR) is 104 cm³/mol. The summed E-state index contributed by atoms with van der Waals surface area (Å²) >= 11 is 0. The van der Waals surface area contributed by atoms with E-state index in [0.29, 0.717) is 0 Å². The van der Waals surface area contributed by atoms with E-state index < -0.39 is 0 Å². The molecule has 0 heterocycles. The molecule has 0 aliphatic carbocycles. The number of rotatable bonds is 5. The molecule has 0 bridgehead atoms. The Balaban J connectivity index is 0.00000169. The Bertz CT molecular complexity index is 831. The van der Waals surface area contributed by atoms with Gasteiger partial charge in [0.1, 0.15) is 0 Å². The van der Waals surface area contributed by atoms with Gasteiger partial charge in [0, 0.05) is 65.4 Å². The van der Waals surface area contributed by atoms with E-state index in [1.54, 1.807) is 0 Å². The Labute approximate surface area is 208 Å². The Morgan fingerprint density at radius 3 is 2.00 bits per heavy atom. The maximum absolute atomic E-state index is 3.79. The van der Waals surface area contributed by atoms with Gasteiger partial charge in [-0.2, -0.15) is 0 Å². The molecular formula is C24H23Y2-. The molecule has 0 spiro atoms. The average molecular weight is 489 g/mol. The fourth-order valence-electron chi connectivity index (χ4n) is 2.94. The van der Waals surface area contributed by atoms with Crippen molar-refractivity contribution >= 4 is 0 Å². The second-order valence-electron chi connectivity index (χ2n) is 6.30. The second-order valence-corrected chi connectivity index (χ2v) is 6.30. The van der Waals surface area contributed by atoms with E-state index in [0.717, 1.165) is 18.4 Å². The summed E-state index contributed by atoms with van der Waals surface area (Å²) < 4.78 is 0. The minimum atomic E-state index is 0. The van der Waals surface area contributed by atoms with Gasteiger partial charge < -0.3 is 0 Å². The third-order valence-electron chi connectivity index (χ3n) is 4.41. The van der Waals surface area contributed by atoms with Crippen LogP contribution in [0, 0.1) is 19.9 Å². The Morgan fingerprint density at radius 1 is 0.808 bits per heavy atom. The molecule has 0 fully saturated rings. The van der Waals surface area contributed by atoms with Crippen molar-refractivity contribution in [3.05, 3.63) is 96.1 Å². The molecule has 0 aliphatic heterocycles. The fraction of sp³-hybridized carbons (Fsp3) is 0.167. The quantitative estimate of drug-likeness (QED) is 0.282. The van der Waals surface area contributed by atoms with Gasteiger partial charge >= 0.3 is 0 Å². The summed E-state index contributed by atoms with van der Waals surface area (Å²) in [5.41, 5.74) is 8.70. The molecule has 0 atom stereocenters. The van der Waals surface area contributed by atoms with E-state index in [9.17, 15) is 0 Å². The Morgan fingerprint density at radius 2 is 1.42 bits per heavy atom. The summed E-state index contributed by atoms with van der Waals surface area (Å²) in [5.74, 6) is 0. The molecule has 0 unspecified atom stereocenters. The maximum Gasteiger partial charge on any atom is 0 e. The fourth-order valence-corrected chi connectivity index (χ4v) is 2.94. The molecule has 3 aromatic rings. The summed E-state index contributed by atoms with van der Waals surface area (Å²) in [5, 5.41) is 0. The van der Waals surface area contributed by atoms with Crippen LogP contribution in [-0.2, 0) is 71.8 Å². The van der Waals surface area contributed by atoms with Crippen molar-refractivity contribution in [3.63, 3.8) is 0 Å². The molecule has 3 aromatic carbocycles. The van der Waals surface area contributed by atoms with Gasteiger partial charge in [-0.05, 0) is 25.3 Å². The molecule has 0 amide bonds. The van der Waals surface area contributed by atoms with Crippen molar-refractivity contribution in [2.45, 2.75) is 26.7 Å². The van der Waals surface area contributed by atoms with Crippen LogP contribution >= 0.6 is 0 Å². The summed E-state index contributed by atoms with van der Waals surface area (Å²) in [4.78, 5) is 0. The van der Waals surface area contributed by atoms with E-state index in [2.05, 4.69) is 87.2 Å². The van der Waals surface area contributed by atoms with Crippen LogP contribution in [0.15, 0.2) is 73.3 Å². The first-order chi connectivity index (χ1) is 11.7. The van der Waals surface area contributed by atoms with Gasteiger partial charge in [-0.15, -0.1) is 35.9 Å². The van der Waals surface area contributed by atoms with Crippen LogP contribution in [0.5, 0.6) is 0 Å². The average Bonchev–Trinajstić information content (AvgIpc) is 2.61. The van der Waals surface area contributed by atoms with Crippen LogP contribution in [0.3, 0.4) is 0 Å². The number of hydrogen-bond acceptors (Lipinski definition) is 0. The Hall–Kier alpha value is -0.392. The zero-order valence-corrected chi connectivity index (χ0v) is 21.3. The number of allylic oxidation sites excluding steroid dienone is 1. The van der Waals surface area contributed by atoms with E-state index in [4.69, 9.17) is 0 Å². The van der Waals surface area contributed by atoms with Gasteiger partial charge in [-0.1, -0.05) is 83.8 Å². The van der Waals surface area contributed by atoms with Gasteiger partial charge in [0.2, 0.25) is 0 Å². The smallest absolute Gasteiger partial charge is 0 e. The first kappa shape index (κ1) is 23.6. The molecule has 0 nitrogen and oxygen atoms in total. The number of hydrogen-bond donors (Lipinski definition) is 0. The van der Waals surface area contributed by atoms with E-state index in [1.807, 2.05) is 6.08 Å². The third-order valence-corrected chi connectivity index (χ3v) is 4.41. The van der Waals surface area contributed by atoms with Crippen LogP contribution in [-0.4, -0.2) is 0 Å². The van der Waals surface area contributed by atoms with Crippen molar-refractivity contribution in [2.75, 3.05) is 0 Å². The van der Waals surface area contributed by atoms with Crippen LogP contribution < -0.4 is 0 Å². The largest absolute Gasteiger partial charge is 0.143 e. The third kappa shape index (κ3) is 6.06. The van der Waals surface area contributed by atoms with Crippen molar-refractivity contribution in [3.8, 4) is 22.3 Å².